The van der Waals surface area contributed by atoms with E-state index in [0.717, 1.165) is 35.9 Å². The minimum Gasteiger partial charge on any atom is -0.493 e. The van der Waals surface area contributed by atoms with E-state index in [1.807, 2.05) is 24.3 Å². The molecule has 1 aromatic carbocycles. The van der Waals surface area contributed by atoms with Crippen LogP contribution in [0.3, 0.4) is 0 Å². The summed E-state index contributed by atoms with van der Waals surface area (Å²) in [6.45, 7) is 1.33. The van der Waals surface area contributed by atoms with Gasteiger partial charge in [0.15, 0.2) is 0 Å². The second kappa shape index (κ2) is 10.7. The van der Waals surface area contributed by atoms with Gasteiger partial charge in [0.25, 0.3) is 0 Å². The molecule has 2 N–H and O–H groups in total. The molecule has 0 radical (unpaired) electrons. The summed E-state index contributed by atoms with van der Waals surface area (Å²) >= 11 is 3.37. The molecule has 0 atom stereocenters. The number of hydrogen-bond acceptors (Lipinski definition) is 3. The molecule has 0 heterocycles. The summed E-state index contributed by atoms with van der Waals surface area (Å²) in [7, 11) is 0. The van der Waals surface area contributed by atoms with Gasteiger partial charge in [0.05, 0.1) is 13.0 Å². The van der Waals surface area contributed by atoms with E-state index in [9.17, 15) is 4.79 Å². The summed E-state index contributed by atoms with van der Waals surface area (Å²) < 4.78 is 6.46. The molecule has 4 nitrogen and oxygen atoms in total. The number of hydrogen-bond donors (Lipinski definition) is 2. The van der Waals surface area contributed by atoms with E-state index in [1.54, 1.807) is 0 Å². The van der Waals surface area contributed by atoms with Crippen molar-refractivity contribution in [3.05, 3.63) is 28.7 Å². The molecule has 0 saturated heterocycles. The molecule has 0 aliphatic carbocycles. The number of rotatable bonds is 10. The summed E-state index contributed by atoms with van der Waals surface area (Å²) in [6.07, 6.45) is 4.21. The first-order valence-electron chi connectivity index (χ1n) is 6.98. The van der Waals surface area contributed by atoms with Crippen LogP contribution in [-0.4, -0.2) is 30.8 Å². The zero-order chi connectivity index (χ0) is 14.6. The fraction of sp³-hybridized carbons (Fsp3) is 0.533. The molecule has 1 amide bonds. The number of benzene rings is 1. The van der Waals surface area contributed by atoms with Crippen LogP contribution in [0.15, 0.2) is 28.7 Å². The van der Waals surface area contributed by atoms with E-state index < -0.39 is 0 Å². The third-order valence-corrected chi connectivity index (χ3v) is 3.29. The van der Waals surface area contributed by atoms with Gasteiger partial charge in [0.2, 0.25) is 5.91 Å². The Morgan fingerprint density at radius 3 is 2.80 bits per heavy atom. The van der Waals surface area contributed by atoms with E-state index in [-0.39, 0.29) is 12.5 Å². The third kappa shape index (κ3) is 8.17. The molecule has 0 spiro atoms. The van der Waals surface area contributed by atoms with Crippen LogP contribution in [0, 0.1) is 0 Å². The maximum Gasteiger partial charge on any atom is 0.223 e. The Balaban J connectivity index is 2.03. The number of aliphatic hydroxyl groups excluding tert-OH is 1. The highest BCUT2D eigenvalue weighted by Gasteiger charge is 2.01. The van der Waals surface area contributed by atoms with E-state index >= 15 is 0 Å². The second-order valence-electron chi connectivity index (χ2n) is 4.54. The Morgan fingerprint density at radius 1 is 1.25 bits per heavy atom. The number of aliphatic hydroxyl groups is 1. The lowest BCUT2D eigenvalue weighted by Crippen LogP contribution is -2.25. The van der Waals surface area contributed by atoms with E-state index in [2.05, 4.69) is 21.2 Å². The van der Waals surface area contributed by atoms with Crippen molar-refractivity contribution in [2.75, 3.05) is 19.8 Å². The summed E-state index contributed by atoms with van der Waals surface area (Å²) in [5.41, 5.74) is 0. The van der Waals surface area contributed by atoms with Gasteiger partial charge in [0.1, 0.15) is 5.75 Å². The van der Waals surface area contributed by atoms with E-state index in [1.165, 1.54) is 0 Å². The summed E-state index contributed by atoms with van der Waals surface area (Å²) in [4.78, 5) is 11.5. The number of nitrogens with one attached hydrogen (secondary N) is 1. The first-order chi connectivity index (χ1) is 9.72. The first kappa shape index (κ1) is 17.0. The van der Waals surface area contributed by atoms with Crippen LogP contribution in [0.4, 0.5) is 0 Å². The number of unbranched alkanes of at least 4 members (excludes halogenated alkanes) is 3. The number of amides is 1. The van der Waals surface area contributed by atoms with Gasteiger partial charge in [-0.25, -0.2) is 0 Å². The van der Waals surface area contributed by atoms with E-state index in [4.69, 9.17) is 9.84 Å². The largest absolute Gasteiger partial charge is 0.493 e. The van der Waals surface area contributed by atoms with Gasteiger partial charge in [-0.05, 0) is 31.0 Å². The van der Waals surface area contributed by atoms with Crippen molar-refractivity contribution in [1.29, 1.82) is 0 Å². The molecule has 0 saturated carbocycles. The maximum atomic E-state index is 11.5. The quantitative estimate of drug-likeness (QED) is 0.642. The van der Waals surface area contributed by atoms with Crippen molar-refractivity contribution in [2.45, 2.75) is 32.1 Å². The molecule has 0 aromatic heterocycles. The molecule has 0 aliphatic rings. The van der Waals surface area contributed by atoms with Crippen molar-refractivity contribution in [1.82, 2.24) is 5.32 Å². The van der Waals surface area contributed by atoms with E-state index in [0.29, 0.717) is 19.6 Å². The molecule has 1 rings (SSSR count). The highest BCUT2D eigenvalue weighted by atomic mass is 79.9. The minimum atomic E-state index is 0.0159. The predicted molar refractivity (Wildman–Crippen MR) is 82.8 cm³/mol. The molecule has 0 bridgehead atoms. The number of ether oxygens (including phenoxy) is 1. The second-order valence-corrected chi connectivity index (χ2v) is 5.46. The Kier molecular flexibility index (Phi) is 9.07. The Labute approximate surface area is 128 Å². The van der Waals surface area contributed by atoms with Crippen LogP contribution >= 0.6 is 15.9 Å². The monoisotopic (exact) mass is 343 g/mol. The number of carbonyl (C=O) groups excluding carboxylic acids is 1. The topological polar surface area (TPSA) is 58.6 Å². The van der Waals surface area contributed by atoms with Crippen molar-refractivity contribution >= 4 is 21.8 Å². The van der Waals surface area contributed by atoms with Crippen molar-refractivity contribution in [3.63, 3.8) is 0 Å². The smallest absolute Gasteiger partial charge is 0.223 e. The Hall–Kier alpha value is -1.07. The molecule has 0 aliphatic heterocycles. The zero-order valence-corrected chi connectivity index (χ0v) is 13.2. The fourth-order valence-corrected chi connectivity index (χ4v) is 2.10. The van der Waals surface area contributed by atoms with Crippen LogP contribution in [-0.2, 0) is 4.79 Å². The fourth-order valence-electron chi connectivity index (χ4n) is 1.72. The molecule has 20 heavy (non-hydrogen) atoms. The average molecular weight is 344 g/mol. The first-order valence-corrected chi connectivity index (χ1v) is 7.77. The molecule has 0 fully saturated rings. The standard InChI is InChI=1S/C15H22BrNO3/c16-13-6-5-7-14(12-13)20-11-8-15(19)17-9-3-1-2-4-10-18/h5-7,12,18H,1-4,8-11H2,(H,17,19). The SMILES string of the molecule is O=C(CCOc1cccc(Br)c1)NCCCCCCO. The van der Waals surface area contributed by atoms with Gasteiger partial charge in [0, 0.05) is 17.6 Å². The number of carbonyl (C=O) groups is 1. The molecule has 0 unspecified atom stereocenters. The molecule has 112 valence electrons. The minimum absolute atomic E-state index is 0.0159. The molecule has 1 aromatic rings. The lowest BCUT2D eigenvalue weighted by atomic mass is 10.2. The highest BCUT2D eigenvalue weighted by molar-refractivity contribution is 9.10. The van der Waals surface area contributed by atoms with Crippen molar-refractivity contribution in [2.24, 2.45) is 0 Å². The molecular formula is C15H22BrNO3. The van der Waals surface area contributed by atoms with Gasteiger partial charge in [-0.3, -0.25) is 4.79 Å². The number of halogens is 1. The van der Waals surface area contributed by atoms with Crippen LogP contribution in [0.2, 0.25) is 0 Å². The normalized spacial score (nSPS) is 10.3. The van der Waals surface area contributed by atoms with Crippen molar-refractivity contribution < 1.29 is 14.6 Å². The Morgan fingerprint density at radius 2 is 2.05 bits per heavy atom. The van der Waals surface area contributed by atoms with Crippen LogP contribution in [0.1, 0.15) is 32.1 Å². The van der Waals surface area contributed by atoms with Crippen LogP contribution in [0.5, 0.6) is 5.75 Å². The van der Waals surface area contributed by atoms with Crippen LogP contribution in [0.25, 0.3) is 0 Å². The molecular weight excluding hydrogens is 322 g/mol. The van der Waals surface area contributed by atoms with Gasteiger partial charge < -0.3 is 15.2 Å². The highest BCUT2D eigenvalue weighted by Crippen LogP contribution is 2.17. The Bertz CT molecular complexity index is 398. The predicted octanol–water partition coefficient (Wildman–Crippen LogP) is 2.89. The summed E-state index contributed by atoms with van der Waals surface area (Å²) in [5.74, 6) is 0.776. The van der Waals surface area contributed by atoms with Gasteiger partial charge in [-0.2, -0.15) is 0 Å². The summed E-state index contributed by atoms with van der Waals surface area (Å²) in [5, 5.41) is 11.5. The van der Waals surface area contributed by atoms with Crippen molar-refractivity contribution in [3.8, 4) is 5.75 Å². The van der Waals surface area contributed by atoms with Gasteiger partial charge in [-0.15, -0.1) is 0 Å². The lowest BCUT2D eigenvalue weighted by molar-refractivity contribution is -0.121. The average Bonchev–Trinajstić information content (AvgIpc) is 2.43. The summed E-state index contributed by atoms with van der Waals surface area (Å²) in [6, 6.07) is 7.56. The third-order valence-electron chi connectivity index (χ3n) is 2.80. The lowest BCUT2D eigenvalue weighted by Gasteiger charge is -2.07. The van der Waals surface area contributed by atoms with Gasteiger partial charge in [-0.1, -0.05) is 34.8 Å². The van der Waals surface area contributed by atoms with Gasteiger partial charge >= 0.3 is 0 Å². The van der Waals surface area contributed by atoms with Crippen LogP contribution < -0.4 is 10.1 Å². The maximum absolute atomic E-state index is 11.5. The molecule has 5 heteroatoms. The zero-order valence-electron chi connectivity index (χ0n) is 11.6.